The fraction of sp³-hybridized carbons (Fsp3) is 0.150. The summed E-state index contributed by atoms with van der Waals surface area (Å²) in [4.78, 5) is 17.3. The van der Waals surface area contributed by atoms with Crippen molar-refractivity contribution in [2.45, 2.75) is 20.4 Å². The maximum Gasteiger partial charge on any atom is 0.365 e. The number of hydrogen-bond donors (Lipinski definition) is 1. The smallest absolute Gasteiger partial charge is 0.365 e. The molecule has 0 spiro atoms. The lowest BCUT2D eigenvalue weighted by Crippen LogP contribution is -2.16. The molecule has 3 aromatic rings. The van der Waals surface area contributed by atoms with Crippen LogP contribution in [0.25, 0.3) is 0 Å². The van der Waals surface area contributed by atoms with Gasteiger partial charge in [-0.1, -0.05) is 40.5 Å². The van der Waals surface area contributed by atoms with Gasteiger partial charge in [-0.15, -0.1) is 0 Å². The second kappa shape index (κ2) is 8.46. The van der Waals surface area contributed by atoms with E-state index in [9.17, 15) is 4.79 Å². The Bertz CT molecular complexity index is 1060. The van der Waals surface area contributed by atoms with Gasteiger partial charge in [0.25, 0.3) is 0 Å². The van der Waals surface area contributed by atoms with Crippen molar-refractivity contribution in [3.8, 4) is 0 Å². The van der Waals surface area contributed by atoms with E-state index in [1.807, 2.05) is 30.7 Å². The lowest BCUT2D eigenvalue weighted by atomic mass is 10.1. The fourth-order valence-electron chi connectivity index (χ4n) is 2.69. The van der Waals surface area contributed by atoms with E-state index < -0.39 is 5.97 Å². The summed E-state index contributed by atoms with van der Waals surface area (Å²) in [5.74, 6) is -0.642. The third-order valence-corrected chi connectivity index (χ3v) is 4.58. The summed E-state index contributed by atoms with van der Waals surface area (Å²) >= 11 is 11.9. The summed E-state index contributed by atoms with van der Waals surface area (Å²) in [6.45, 7) is 4.47. The number of hydrogen-bond acceptors (Lipinski definition) is 4. The molecule has 0 amide bonds. The summed E-state index contributed by atoms with van der Waals surface area (Å²) in [7, 11) is 0. The number of aromatic nitrogens is 2. The number of amidine groups is 1. The summed E-state index contributed by atoms with van der Waals surface area (Å²) < 4.78 is 1.87. The molecular formula is C20H18Cl2N4O2. The second-order valence-electron chi connectivity index (χ2n) is 6.26. The quantitative estimate of drug-likeness (QED) is 0.290. The number of halogens is 2. The lowest BCUT2D eigenvalue weighted by molar-refractivity contribution is 0.0516. The standard InChI is InChI=1S/C20H18Cl2N4O2/c1-12-8-13(2)26(24-12)11-14-4-3-5-15(9-14)20(27)28-25-19(23)17-7-6-16(21)10-18(17)22/h3-10H,11H2,1-2H3,(H2,23,25). The van der Waals surface area contributed by atoms with Gasteiger partial charge in [0.05, 0.1) is 22.8 Å². The van der Waals surface area contributed by atoms with Crippen LogP contribution in [-0.2, 0) is 11.4 Å². The third-order valence-electron chi connectivity index (χ3n) is 4.03. The highest BCUT2D eigenvalue weighted by Crippen LogP contribution is 2.21. The molecule has 2 aromatic carbocycles. The van der Waals surface area contributed by atoms with Crippen LogP contribution in [0, 0.1) is 13.8 Å². The zero-order valence-corrected chi connectivity index (χ0v) is 16.8. The normalized spacial score (nSPS) is 11.5. The van der Waals surface area contributed by atoms with Crippen LogP contribution in [0.5, 0.6) is 0 Å². The molecule has 6 nitrogen and oxygen atoms in total. The molecule has 1 aromatic heterocycles. The highest BCUT2D eigenvalue weighted by molar-refractivity contribution is 6.36. The van der Waals surface area contributed by atoms with E-state index in [1.165, 1.54) is 6.07 Å². The highest BCUT2D eigenvalue weighted by atomic mass is 35.5. The predicted octanol–water partition coefficient (Wildman–Crippen LogP) is 4.33. The van der Waals surface area contributed by atoms with E-state index in [1.54, 1.807) is 30.3 Å². The third kappa shape index (κ3) is 4.71. The van der Waals surface area contributed by atoms with Gasteiger partial charge < -0.3 is 10.6 Å². The Kier molecular flexibility index (Phi) is 6.02. The molecule has 0 fully saturated rings. The molecule has 28 heavy (non-hydrogen) atoms. The van der Waals surface area contributed by atoms with Crippen LogP contribution in [0.1, 0.15) is 32.9 Å². The molecule has 0 aliphatic heterocycles. The van der Waals surface area contributed by atoms with Gasteiger partial charge in [0, 0.05) is 16.3 Å². The minimum atomic E-state index is -0.622. The Hall–Kier alpha value is -2.83. The summed E-state index contributed by atoms with van der Waals surface area (Å²) in [5.41, 5.74) is 9.55. The van der Waals surface area contributed by atoms with Crippen molar-refractivity contribution >= 4 is 35.0 Å². The topological polar surface area (TPSA) is 82.5 Å². The van der Waals surface area contributed by atoms with E-state index in [4.69, 9.17) is 33.8 Å². The van der Waals surface area contributed by atoms with Gasteiger partial charge in [0.15, 0.2) is 5.84 Å². The van der Waals surface area contributed by atoms with Crippen LogP contribution < -0.4 is 5.73 Å². The van der Waals surface area contributed by atoms with E-state index in [0.717, 1.165) is 17.0 Å². The minimum Gasteiger partial charge on any atom is -0.380 e. The molecule has 144 valence electrons. The minimum absolute atomic E-state index is 0.0196. The number of aryl methyl sites for hydroxylation is 2. The van der Waals surface area contributed by atoms with E-state index >= 15 is 0 Å². The van der Waals surface area contributed by atoms with Crippen LogP contribution in [-0.4, -0.2) is 21.6 Å². The molecule has 0 aliphatic carbocycles. The summed E-state index contributed by atoms with van der Waals surface area (Å²) in [6, 6.07) is 13.8. The van der Waals surface area contributed by atoms with Crippen LogP contribution in [0.4, 0.5) is 0 Å². The van der Waals surface area contributed by atoms with E-state index in [2.05, 4.69) is 10.3 Å². The van der Waals surface area contributed by atoms with Crippen molar-refractivity contribution in [3.63, 3.8) is 0 Å². The van der Waals surface area contributed by atoms with Gasteiger partial charge in [-0.3, -0.25) is 4.68 Å². The first-order valence-corrected chi connectivity index (χ1v) is 9.19. The predicted molar refractivity (Wildman–Crippen MR) is 110 cm³/mol. The molecule has 0 radical (unpaired) electrons. The van der Waals surface area contributed by atoms with Crippen LogP contribution in [0.3, 0.4) is 0 Å². The molecule has 0 saturated carbocycles. The second-order valence-corrected chi connectivity index (χ2v) is 7.11. The van der Waals surface area contributed by atoms with Crippen LogP contribution in [0.2, 0.25) is 10.0 Å². The van der Waals surface area contributed by atoms with Gasteiger partial charge in [-0.25, -0.2) is 4.79 Å². The van der Waals surface area contributed by atoms with Crippen molar-refractivity contribution in [2.75, 3.05) is 0 Å². The number of carbonyl (C=O) groups excluding carboxylic acids is 1. The maximum absolute atomic E-state index is 12.3. The first-order valence-electron chi connectivity index (χ1n) is 8.43. The zero-order chi connectivity index (χ0) is 20.3. The Morgan fingerprint density at radius 1 is 1.18 bits per heavy atom. The number of carbonyl (C=O) groups is 1. The molecule has 3 rings (SSSR count). The van der Waals surface area contributed by atoms with Crippen LogP contribution >= 0.6 is 23.2 Å². The molecule has 0 aliphatic rings. The number of nitrogens with zero attached hydrogens (tertiary/aromatic N) is 3. The number of oxime groups is 1. The zero-order valence-electron chi connectivity index (χ0n) is 15.3. The van der Waals surface area contributed by atoms with Crippen molar-refractivity contribution in [1.82, 2.24) is 9.78 Å². The van der Waals surface area contributed by atoms with Gasteiger partial charge in [-0.05, 0) is 55.8 Å². The molecule has 2 N–H and O–H groups in total. The summed E-state index contributed by atoms with van der Waals surface area (Å²) in [5, 5.41) is 8.91. The maximum atomic E-state index is 12.3. The Morgan fingerprint density at radius 3 is 2.64 bits per heavy atom. The lowest BCUT2D eigenvalue weighted by Gasteiger charge is -2.07. The molecule has 0 saturated heterocycles. The number of benzene rings is 2. The molecule has 0 bridgehead atoms. The molecule has 0 atom stereocenters. The highest BCUT2D eigenvalue weighted by Gasteiger charge is 2.11. The van der Waals surface area contributed by atoms with Crippen molar-refractivity contribution < 1.29 is 9.63 Å². The van der Waals surface area contributed by atoms with Crippen molar-refractivity contribution in [3.05, 3.63) is 86.7 Å². The molecule has 8 heteroatoms. The Labute approximate surface area is 172 Å². The first-order chi connectivity index (χ1) is 13.3. The average molecular weight is 417 g/mol. The number of nitrogens with two attached hydrogens (primary N) is 1. The Morgan fingerprint density at radius 2 is 1.96 bits per heavy atom. The largest absolute Gasteiger partial charge is 0.380 e. The summed E-state index contributed by atoms with van der Waals surface area (Å²) in [6.07, 6.45) is 0. The fourth-order valence-corrected chi connectivity index (χ4v) is 3.20. The molecule has 0 unspecified atom stereocenters. The van der Waals surface area contributed by atoms with E-state index in [-0.39, 0.29) is 5.84 Å². The van der Waals surface area contributed by atoms with Gasteiger partial charge in [0.2, 0.25) is 0 Å². The van der Waals surface area contributed by atoms with Gasteiger partial charge >= 0.3 is 5.97 Å². The van der Waals surface area contributed by atoms with Gasteiger partial charge in [-0.2, -0.15) is 5.10 Å². The van der Waals surface area contributed by atoms with Crippen LogP contribution in [0.15, 0.2) is 53.7 Å². The number of rotatable bonds is 5. The molecular weight excluding hydrogens is 399 g/mol. The monoisotopic (exact) mass is 416 g/mol. The van der Waals surface area contributed by atoms with Gasteiger partial charge in [0.1, 0.15) is 0 Å². The molecule has 1 heterocycles. The average Bonchev–Trinajstić information content (AvgIpc) is 2.96. The van der Waals surface area contributed by atoms with Crippen molar-refractivity contribution in [2.24, 2.45) is 10.9 Å². The first kappa shape index (κ1) is 19.9. The van der Waals surface area contributed by atoms with Crippen molar-refractivity contribution in [1.29, 1.82) is 0 Å². The van der Waals surface area contributed by atoms with E-state index in [0.29, 0.717) is 27.7 Å². The SMILES string of the molecule is Cc1cc(C)n(Cc2cccc(C(=O)O/N=C(\N)c3ccc(Cl)cc3Cl)c2)n1. The Balaban J connectivity index is 1.73.